The SMILES string of the molecule is Cc1ccc(C2C(CNC3CC3)CCN2C)cc1C. The number of hydrogen-bond donors (Lipinski definition) is 1. The molecule has 2 aliphatic rings. The smallest absolute Gasteiger partial charge is 0.0385 e. The molecule has 2 nitrogen and oxygen atoms in total. The van der Waals surface area contributed by atoms with Gasteiger partial charge in [-0.1, -0.05) is 18.2 Å². The molecule has 2 heteroatoms. The highest BCUT2D eigenvalue weighted by atomic mass is 15.2. The summed E-state index contributed by atoms with van der Waals surface area (Å²) in [7, 11) is 2.27. The largest absolute Gasteiger partial charge is 0.314 e. The summed E-state index contributed by atoms with van der Waals surface area (Å²) in [5.74, 6) is 0.771. The Morgan fingerprint density at radius 1 is 1.16 bits per heavy atom. The Labute approximate surface area is 117 Å². The van der Waals surface area contributed by atoms with E-state index in [0.29, 0.717) is 6.04 Å². The van der Waals surface area contributed by atoms with Crippen molar-refractivity contribution in [3.63, 3.8) is 0 Å². The first-order valence-electron chi connectivity index (χ1n) is 7.66. The van der Waals surface area contributed by atoms with Crippen molar-refractivity contribution in [2.45, 2.75) is 45.2 Å². The van der Waals surface area contributed by atoms with Gasteiger partial charge in [0.1, 0.15) is 0 Å². The van der Waals surface area contributed by atoms with Crippen LogP contribution in [-0.2, 0) is 0 Å². The molecule has 1 aromatic rings. The van der Waals surface area contributed by atoms with Crippen molar-refractivity contribution >= 4 is 0 Å². The molecule has 0 radical (unpaired) electrons. The topological polar surface area (TPSA) is 15.3 Å². The highest BCUT2D eigenvalue weighted by Gasteiger charge is 2.34. The van der Waals surface area contributed by atoms with E-state index in [9.17, 15) is 0 Å². The summed E-state index contributed by atoms with van der Waals surface area (Å²) in [4.78, 5) is 2.53. The molecule has 0 spiro atoms. The number of nitrogens with zero attached hydrogens (tertiary/aromatic N) is 1. The summed E-state index contributed by atoms with van der Waals surface area (Å²) in [5, 5.41) is 3.72. The maximum Gasteiger partial charge on any atom is 0.0385 e. The van der Waals surface area contributed by atoms with Crippen molar-refractivity contribution < 1.29 is 0 Å². The lowest BCUT2D eigenvalue weighted by Crippen LogP contribution is -2.29. The van der Waals surface area contributed by atoms with Crippen LogP contribution in [0.2, 0.25) is 0 Å². The molecule has 1 N–H and O–H groups in total. The number of benzene rings is 1. The predicted octanol–water partition coefficient (Wildman–Crippen LogP) is 3.05. The van der Waals surface area contributed by atoms with Gasteiger partial charge in [-0.15, -0.1) is 0 Å². The van der Waals surface area contributed by atoms with E-state index in [1.54, 1.807) is 0 Å². The third-order valence-electron chi connectivity index (χ3n) is 4.89. The van der Waals surface area contributed by atoms with Gasteiger partial charge in [-0.3, -0.25) is 4.90 Å². The van der Waals surface area contributed by atoms with E-state index in [4.69, 9.17) is 0 Å². The number of nitrogens with one attached hydrogen (secondary N) is 1. The molecule has 2 fully saturated rings. The van der Waals surface area contributed by atoms with Crippen molar-refractivity contribution in [3.05, 3.63) is 34.9 Å². The fraction of sp³-hybridized carbons (Fsp3) is 0.647. The first kappa shape index (κ1) is 13.1. The van der Waals surface area contributed by atoms with Crippen LogP contribution in [0.1, 0.15) is 42.0 Å². The fourth-order valence-electron chi connectivity index (χ4n) is 3.32. The van der Waals surface area contributed by atoms with Crippen LogP contribution < -0.4 is 5.32 Å². The van der Waals surface area contributed by atoms with Gasteiger partial charge in [-0.05, 0) is 69.3 Å². The first-order valence-corrected chi connectivity index (χ1v) is 7.66. The molecule has 1 saturated heterocycles. The monoisotopic (exact) mass is 258 g/mol. The van der Waals surface area contributed by atoms with Crippen LogP contribution >= 0.6 is 0 Å². The zero-order valence-electron chi connectivity index (χ0n) is 12.4. The van der Waals surface area contributed by atoms with Crippen LogP contribution in [0.5, 0.6) is 0 Å². The van der Waals surface area contributed by atoms with Gasteiger partial charge in [-0.2, -0.15) is 0 Å². The lowest BCUT2D eigenvalue weighted by Gasteiger charge is -2.26. The van der Waals surface area contributed by atoms with Crippen LogP contribution in [0.3, 0.4) is 0 Å². The zero-order chi connectivity index (χ0) is 13.4. The molecule has 2 atom stereocenters. The van der Waals surface area contributed by atoms with Crippen molar-refractivity contribution in [1.82, 2.24) is 10.2 Å². The third kappa shape index (κ3) is 2.85. The van der Waals surface area contributed by atoms with Crippen molar-refractivity contribution in [1.29, 1.82) is 0 Å². The maximum absolute atomic E-state index is 3.72. The second-order valence-electron chi connectivity index (χ2n) is 6.50. The molecular weight excluding hydrogens is 232 g/mol. The average molecular weight is 258 g/mol. The van der Waals surface area contributed by atoms with Crippen molar-refractivity contribution in [3.8, 4) is 0 Å². The van der Waals surface area contributed by atoms with E-state index < -0.39 is 0 Å². The quantitative estimate of drug-likeness (QED) is 0.893. The normalized spacial score (nSPS) is 27.9. The summed E-state index contributed by atoms with van der Waals surface area (Å²) in [5.41, 5.74) is 4.33. The van der Waals surface area contributed by atoms with Gasteiger partial charge in [0.2, 0.25) is 0 Å². The van der Waals surface area contributed by atoms with Crippen LogP contribution in [-0.4, -0.2) is 31.1 Å². The van der Waals surface area contributed by atoms with Gasteiger partial charge in [0.25, 0.3) is 0 Å². The number of hydrogen-bond acceptors (Lipinski definition) is 2. The molecule has 0 aromatic heterocycles. The van der Waals surface area contributed by atoms with Crippen LogP contribution in [0.25, 0.3) is 0 Å². The zero-order valence-corrected chi connectivity index (χ0v) is 12.4. The first-order chi connectivity index (χ1) is 9.15. The van der Waals surface area contributed by atoms with Crippen molar-refractivity contribution in [2.75, 3.05) is 20.1 Å². The summed E-state index contributed by atoms with van der Waals surface area (Å²) in [6, 6.07) is 8.43. The van der Waals surface area contributed by atoms with Gasteiger partial charge in [0, 0.05) is 18.6 Å². The second-order valence-corrected chi connectivity index (χ2v) is 6.50. The predicted molar refractivity (Wildman–Crippen MR) is 80.4 cm³/mol. The molecule has 19 heavy (non-hydrogen) atoms. The Kier molecular flexibility index (Phi) is 3.64. The second kappa shape index (κ2) is 5.26. The van der Waals surface area contributed by atoms with Gasteiger partial charge in [0.05, 0.1) is 0 Å². The molecule has 1 aliphatic carbocycles. The van der Waals surface area contributed by atoms with Crippen LogP contribution in [0.15, 0.2) is 18.2 Å². The lowest BCUT2D eigenvalue weighted by molar-refractivity contribution is 0.271. The van der Waals surface area contributed by atoms with E-state index >= 15 is 0 Å². The third-order valence-corrected chi connectivity index (χ3v) is 4.89. The minimum absolute atomic E-state index is 0.602. The summed E-state index contributed by atoms with van der Waals surface area (Å²) >= 11 is 0. The van der Waals surface area contributed by atoms with E-state index in [0.717, 1.165) is 12.0 Å². The average Bonchev–Trinajstić information content (AvgIpc) is 3.14. The number of likely N-dealkylation sites (tertiary alicyclic amines) is 1. The Bertz CT molecular complexity index is 451. The Hall–Kier alpha value is -0.860. The molecule has 3 rings (SSSR count). The molecule has 0 amide bonds. The Morgan fingerprint density at radius 3 is 2.63 bits per heavy atom. The van der Waals surface area contributed by atoms with E-state index in [-0.39, 0.29) is 0 Å². The summed E-state index contributed by atoms with van der Waals surface area (Å²) < 4.78 is 0. The van der Waals surface area contributed by atoms with E-state index in [2.05, 4.69) is 49.3 Å². The maximum atomic E-state index is 3.72. The summed E-state index contributed by atoms with van der Waals surface area (Å²) in [6.45, 7) is 6.84. The number of rotatable bonds is 4. The minimum atomic E-state index is 0.602. The van der Waals surface area contributed by atoms with E-state index in [1.165, 1.54) is 49.0 Å². The van der Waals surface area contributed by atoms with Gasteiger partial charge >= 0.3 is 0 Å². The Balaban J connectivity index is 1.75. The van der Waals surface area contributed by atoms with E-state index in [1.807, 2.05) is 0 Å². The Morgan fingerprint density at radius 2 is 1.95 bits per heavy atom. The highest BCUT2D eigenvalue weighted by molar-refractivity contribution is 5.32. The fourth-order valence-corrected chi connectivity index (χ4v) is 3.32. The van der Waals surface area contributed by atoms with Crippen LogP contribution in [0, 0.1) is 19.8 Å². The number of aryl methyl sites for hydroxylation is 2. The van der Waals surface area contributed by atoms with Crippen LogP contribution in [0.4, 0.5) is 0 Å². The molecule has 1 aromatic carbocycles. The molecule has 104 valence electrons. The molecular formula is C17H26N2. The summed E-state index contributed by atoms with van der Waals surface area (Å²) in [6.07, 6.45) is 4.10. The lowest BCUT2D eigenvalue weighted by atomic mass is 9.91. The molecule has 0 bridgehead atoms. The molecule has 2 unspecified atom stereocenters. The van der Waals surface area contributed by atoms with Gasteiger partial charge in [0.15, 0.2) is 0 Å². The minimum Gasteiger partial charge on any atom is -0.314 e. The molecule has 1 aliphatic heterocycles. The van der Waals surface area contributed by atoms with Gasteiger partial charge < -0.3 is 5.32 Å². The highest BCUT2D eigenvalue weighted by Crippen LogP contribution is 2.36. The van der Waals surface area contributed by atoms with Gasteiger partial charge in [-0.25, -0.2) is 0 Å². The standard InChI is InChI=1S/C17H26N2/c1-12-4-5-14(10-13(12)2)17-15(8-9-19(17)3)11-18-16-6-7-16/h4-5,10,15-18H,6-9,11H2,1-3H3. The molecule has 1 heterocycles. The molecule has 1 saturated carbocycles. The van der Waals surface area contributed by atoms with Crippen molar-refractivity contribution in [2.24, 2.45) is 5.92 Å².